The highest BCUT2D eigenvalue weighted by Gasteiger charge is 2.24. The molecule has 1 atom stereocenters. The van der Waals surface area contributed by atoms with Crippen molar-refractivity contribution in [2.75, 3.05) is 0 Å². The van der Waals surface area contributed by atoms with Crippen LogP contribution in [0, 0.1) is 5.41 Å². The van der Waals surface area contributed by atoms with Crippen molar-refractivity contribution in [3.05, 3.63) is 40.1 Å². The van der Waals surface area contributed by atoms with Gasteiger partial charge in [0.15, 0.2) is 0 Å². The zero-order valence-corrected chi connectivity index (χ0v) is 13.1. The second kappa shape index (κ2) is 6.07. The molecule has 0 aliphatic rings. The predicted octanol–water partition coefficient (Wildman–Crippen LogP) is 3.80. The van der Waals surface area contributed by atoms with E-state index in [-0.39, 0.29) is 5.41 Å². The Bertz CT molecular complexity index is 499. The first-order valence-corrected chi connectivity index (χ1v) is 7.58. The molecular weight excluding hydrogens is 278 g/mol. The monoisotopic (exact) mass is 297 g/mol. The Kier molecular flexibility index (Phi) is 4.66. The van der Waals surface area contributed by atoms with Crippen LogP contribution in [0.1, 0.15) is 25.6 Å². The largest absolute Gasteiger partial charge is 0.336 e. The first kappa shape index (κ1) is 14.6. The average molecular weight is 298 g/mol. The van der Waals surface area contributed by atoms with Crippen LogP contribution >= 0.6 is 22.9 Å². The summed E-state index contributed by atoms with van der Waals surface area (Å²) in [6, 6.07) is 4.41. The van der Waals surface area contributed by atoms with Crippen LogP contribution in [0.4, 0.5) is 0 Å². The van der Waals surface area contributed by atoms with E-state index in [9.17, 15) is 0 Å². The van der Waals surface area contributed by atoms with Gasteiger partial charge >= 0.3 is 0 Å². The fourth-order valence-electron chi connectivity index (χ4n) is 1.92. The van der Waals surface area contributed by atoms with Crippen molar-refractivity contribution in [2.24, 2.45) is 5.41 Å². The molecule has 0 saturated heterocycles. The predicted molar refractivity (Wildman–Crippen MR) is 81.6 cm³/mol. The van der Waals surface area contributed by atoms with E-state index in [4.69, 9.17) is 11.6 Å². The van der Waals surface area contributed by atoms with Gasteiger partial charge < -0.3 is 9.88 Å². The smallest absolute Gasteiger partial charge is 0.0946 e. The quantitative estimate of drug-likeness (QED) is 0.909. The van der Waals surface area contributed by atoms with Crippen LogP contribution in [0.3, 0.4) is 0 Å². The van der Waals surface area contributed by atoms with Gasteiger partial charge in [-0.2, -0.15) is 0 Å². The minimum atomic E-state index is 0.186. The number of hydrogen-bond acceptors (Lipinski definition) is 3. The van der Waals surface area contributed by atoms with Crippen molar-refractivity contribution in [1.82, 2.24) is 14.9 Å². The second-order valence-electron chi connectivity index (χ2n) is 5.76. The van der Waals surface area contributed by atoms with Gasteiger partial charge in [0.1, 0.15) is 0 Å². The first-order chi connectivity index (χ1) is 8.95. The molecule has 19 heavy (non-hydrogen) atoms. The molecule has 0 spiro atoms. The van der Waals surface area contributed by atoms with Gasteiger partial charge in [-0.05, 0) is 17.5 Å². The minimum absolute atomic E-state index is 0.186. The second-order valence-corrected chi connectivity index (χ2v) is 7.56. The van der Waals surface area contributed by atoms with E-state index in [2.05, 4.69) is 41.7 Å². The Morgan fingerprint density at radius 3 is 2.74 bits per heavy atom. The highest BCUT2D eigenvalue weighted by Crippen LogP contribution is 2.24. The molecule has 2 aromatic rings. The van der Waals surface area contributed by atoms with Gasteiger partial charge in [0.25, 0.3) is 0 Å². The highest BCUT2D eigenvalue weighted by atomic mass is 35.5. The number of nitrogens with zero attached hydrogens (tertiary/aromatic N) is 2. The minimum Gasteiger partial charge on any atom is -0.336 e. The summed E-state index contributed by atoms with van der Waals surface area (Å²) in [5.74, 6) is 0. The summed E-state index contributed by atoms with van der Waals surface area (Å²) >= 11 is 7.59. The van der Waals surface area contributed by atoms with Gasteiger partial charge in [0, 0.05) is 36.4 Å². The summed E-state index contributed by atoms with van der Waals surface area (Å²) < 4.78 is 2.96. The number of hydrogen-bond donors (Lipinski definition) is 1. The van der Waals surface area contributed by atoms with Gasteiger partial charge in [-0.1, -0.05) is 32.4 Å². The maximum atomic E-state index is 5.96. The molecule has 0 aromatic carbocycles. The van der Waals surface area contributed by atoms with E-state index in [1.54, 1.807) is 11.3 Å². The average Bonchev–Trinajstić information content (AvgIpc) is 2.94. The van der Waals surface area contributed by atoms with E-state index in [1.165, 1.54) is 4.88 Å². The Labute approximate surface area is 123 Å². The lowest BCUT2D eigenvalue weighted by atomic mass is 9.86. The van der Waals surface area contributed by atoms with Crippen LogP contribution in [0.15, 0.2) is 30.9 Å². The summed E-state index contributed by atoms with van der Waals surface area (Å²) in [6.07, 6.45) is 5.68. The van der Waals surface area contributed by atoms with Crippen molar-refractivity contribution in [3.8, 4) is 0 Å². The molecule has 0 aliphatic carbocycles. The van der Waals surface area contributed by atoms with Crippen molar-refractivity contribution >= 4 is 22.9 Å². The molecule has 0 saturated carbocycles. The molecule has 104 valence electrons. The number of imidazole rings is 1. The van der Waals surface area contributed by atoms with Crippen molar-refractivity contribution in [1.29, 1.82) is 0 Å². The molecular formula is C14H20ClN3S. The molecule has 0 aliphatic heterocycles. The normalized spacial score (nSPS) is 13.7. The maximum Gasteiger partial charge on any atom is 0.0946 e. The number of halogens is 1. The van der Waals surface area contributed by atoms with Crippen LogP contribution < -0.4 is 5.32 Å². The summed E-state index contributed by atoms with van der Waals surface area (Å²) in [5.41, 5.74) is 0.186. The van der Waals surface area contributed by atoms with E-state index in [0.29, 0.717) is 6.04 Å². The van der Waals surface area contributed by atoms with Gasteiger partial charge in [-0.15, -0.1) is 11.3 Å². The number of rotatable bonds is 5. The van der Waals surface area contributed by atoms with Gasteiger partial charge in [0.2, 0.25) is 0 Å². The molecule has 0 bridgehead atoms. The van der Waals surface area contributed by atoms with Crippen molar-refractivity contribution in [2.45, 2.75) is 39.9 Å². The summed E-state index contributed by atoms with van der Waals surface area (Å²) in [6.45, 7) is 8.53. The Morgan fingerprint density at radius 2 is 2.21 bits per heavy atom. The van der Waals surface area contributed by atoms with E-state index >= 15 is 0 Å². The summed E-state index contributed by atoms with van der Waals surface area (Å²) in [4.78, 5) is 5.37. The number of thiophene rings is 1. The van der Waals surface area contributed by atoms with Gasteiger partial charge in [0.05, 0.1) is 10.7 Å². The Morgan fingerprint density at radius 1 is 1.42 bits per heavy atom. The molecule has 2 aromatic heterocycles. The molecule has 0 amide bonds. The molecule has 2 heterocycles. The topological polar surface area (TPSA) is 29.9 Å². The van der Waals surface area contributed by atoms with Crippen molar-refractivity contribution < 1.29 is 0 Å². The van der Waals surface area contributed by atoms with Crippen LogP contribution in [-0.2, 0) is 13.1 Å². The van der Waals surface area contributed by atoms with Gasteiger partial charge in [-0.25, -0.2) is 4.98 Å². The molecule has 0 radical (unpaired) electrons. The van der Waals surface area contributed by atoms with E-state index < -0.39 is 0 Å². The number of nitrogens with one attached hydrogen (secondary N) is 1. The van der Waals surface area contributed by atoms with Crippen LogP contribution in [0.25, 0.3) is 0 Å². The van der Waals surface area contributed by atoms with Crippen LogP contribution in [0.5, 0.6) is 0 Å². The maximum absolute atomic E-state index is 5.96. The first-order valence-electron chi connectivity index (χ1n) is 6.38. The summed E-state index contributed by atoms with van der Waals surface area (Å²) in [7, 11) is 0. The SMILES string of the molecule is CC(C)(C)C(Cn1ccnc1)NCc1ccc(Cl)s1. The van der Waals surface area contributed by atoms with E-state index in [1.807, 2.05) is 24.8 Å². The fraction of sp³-hybridized carbons (Fsp3) is 0.500. The molecule has 1 unspecified atom stereocenters. The molecule has 3 nitrogen and oxygen atoms in total. The zero-order chi connectivity index (χ0) is 13.9. The molecule has 0 fully saturated rings. The molecule has 2 rings (SSSR count). The zero-order valence-electron chi connectivity index (χ0n) is 11.6. The highest BCUT2D eigenvalue weighted by molar-refractivity contribution is 7.16. The third-order valence-electron chi connectivity index (χ3n) is 3.15. The van der Waals surface area contributed by atoms with E-state index in [0.717, 1.165) is 17.4 Å². The third-order valence-corrected chi connectivity index (χ3v) is 4.38. The Balaban J connectivity index is 1.98. The summed E-state index contributed by atoms with van der Waals surface area (Å²) in [5, 5.41) is 3.63. The lowest BCUT2D eigenvalue weighted by Gasteiger charge is -2.32. The molecule has 5 heteroatoms. The van der Waals surface area contributed by atoms with Gasteiger partial charge in [-0.3, -0.25) is 0 Å². The standard InChI is InChI=1S/C14H20ClN3S/c1-14(2,3)12(9-18-7-6-16-10-18)17-8-11-4-5-13(15)19-11/h4-7,10,12,17H,8-9H2,1-3H3. The van der Waals surface area contributed by atoms with Crippen LogP contribution in [-0.4, -0.2) is 15.6 Å². The lowest BCUT2D eigenvalue weighted by molar-refractivity contribution is 0.240. The fourth-order valence-corrected chi connectivity index (χ4v) is 2.96. The molecule has 1 N–H and O–H groups in total. The lowest BCUT2D eigenvalue weighted by Crippen LogP contribution is -2.42. The van der Waals surface area contributed by atoms with Crippen LogP contribution in [0.2, 0.25) is 4.34 Å². The number of aromatic nitrogens is 2. The van der Waals surface area contributed by atoms with Crippen molar-refractivity contribution in [3.63, 3.8) is 0 Å². The third kappa shape index (κ3) is 4.34. The Hall–Kier alpha value is -0.840.